The number of ether oxygens (including phenoxy) is 1. The van der Waals surface area contributed by atoms with Gasteiger partial charge in [0.1, 0.15) is 4.88 Å². The molecule has 0 spiro atoms. The number of likely N-dealkylation sites (N-methyl/N-ethyl adjacent to an activating group) is 1. The van der Waals surface area contributed by atoms with Crippen molar-refractivity contribution in [1.29, 1.82) is 0 Å². The first-order chi connectivity index (χ1) is 9.82. The third-order valence-corrected chi connectivity index (χ3v) is 6.52. The molecule has 1 fully saturated rings. The number of hydrogen-bond donors (Lipinski definition) is 1. The zero-order chi connectivity index (χ0) is 15.6. The highest BCUT2D eigenvalue weighted by Crippen LogP contribution is 2.29. The van der Waals surface area contributed by atoms with Gasteiger partial charge in [-0.1, -0.05) is 0 Å². The highest BCUT2D eigenvalue weighted by molar-refractivity contribution is 7.89. The highest BCUT2D eigenvalue weighted by atomic mass is 32.2. The van der Waals surface area contributed by atoms with Gasteiger partial charge in [-0.15, -0.1) is 11.3 Å². The molecule has 1 aromatic heterocycles. The third kappa shape index (κ3) is 4.03. The molecule has 8 heteroatoms. The first-order valence-corrected chi connectivity index (χ1v) is 8.96. The SMILES string of the molecule is Cc1sc(C(=O)O)cc1S(=O)(=O)N(C)CCOCC1CC1. The van der Waals surface area contributed by atoms with Gasteiger partial charge in [-0.2, -0.15) is 4.31 Å². The maximum Gasteiger partial charge on any atom is 0.345 e. The summed E-state index contributed by atoms with van der Waals surface area (Å²) >= 11 is 0.971. The lowest BCUT2D eigenvalue weighted by Gasteiger charge is -2.17. The minimum Gasteiger partial charge on any atom is -0.477 e. The summed E-state index contributed by atoms with van der Waals surface area (Å²) in [6, 6.07) is 1.22. The van der Waals surface area contributed by atoms with E-state index in [0.717, 1.165) is 11.3 Å². The third-order valence-electron chi connectivity index (χ3n) is 3.37. The Morgan fingerprint density at radius 1 is 1.52 bits per heavy atom. The van der Waals surface area contributed by atoms with Crippen LogP contribution in [0, 0.1) is 12.8 Å². The van der Waals surface area contributed by atoms with E-state index in [-0.39, 0.29) is 16.3 Å². The topological polar surface area (TPSA) is 83.9 Å². The van der Waals surface area contributed by atoms with Gasteiger partial charge in [0, 0.05) is 25.1 Å². The average Bonchev–Trinajstić information content (AvgIpc) is 3.14. The Hall–Kier alpha value is -0.960. The van der Waals surface area contributed by atoms with E-state index in [9.17, 15) is 13.2 Å². The summed E-state index contributed by atoms with van der Waals surface area (Å²) in [4.78, 5) is 11.5. The average molecular weight is 333 g/mol. The van der Waals surface area contributed by atoms with E-state index in [1.807, 2.05) is 0 Å². The number of nitrogens with zero attached hydrogens (tertiary/aromatic N) is 1. The Labute approximate surface area is 128 Å². The molecule has 0 amide bonds. The maximum absolute atomic E-state index is 12.4. The standard InChI is InChI=1S/C13H19NO5S2/c1-9-12(7-11(20-9)13(15)16)21(17,18)14(2)5-6-19-8-10-3-4-10/h7,10H,3-6,8H2,1-2H3,(H,15,16). The molecule has 1 aliphatic carbocycles. The number of carbonyl (C=O) groups is 1. The van der Waals surface area contributed by atoms with Crippen LogP contribution in [0.3, 0.4) is 0 Å². The van der Waals surface area contributed by atoms with Crippen LogP contribution in [0.5, 0.6) is 0 Å². The molecule has 0 radical (unpaired) electrons. The van der Waals surface area contributed by atoms with Gasteiger partial charge in [0.2, 0.25) is 10.0 Å². The van der Waals surface area contributed by atoms with E-state index in [1.165, 1.54) is 30.3 Å². The van der Waals surface area contributed by atoms with Crippen molar-refractivity contribution in [1.82, 2.24) is 4.31 Å². The van der Waals surface area contributed by atoms with Crippen LogP contribution in [-0.4, -0.2) is 50.6 Å². The van der Waals surface area contributed by atoms with E-state index in [0.29, 0.717) is 24.0 Å². The Balaban J connectivity index is 1.99. The normalized spacial score (nSPS) is 15.6. The van der Waals surface area contributed by atoms with Crippen molar-refractivity contribution >= 4 is 27.3 Å². The number of carboxylic acids is 1. The second-order valence-electron chi connectivity index (χ2n) is 5.18. The predicted molar refractivity (Wildman–Crippen MR) is 79.4 cm³/mol. The lowest BCUT2D eigenvalue weighted by atomic mass is 10.4. The molecule has 0 aliphatic heterocycles. The van der Waals surface area contributed by atoms with Gasteiger partial charge in [0.15, 0.2) is 0 Å². The van der Waals surface area contributed by atoms with E-state index >= 15 is 0 Å². The van der Waals surface area contributed by atoms with Gasteiger partial charge < -0.3 is 9.84 Å². The Morgan fingerprint density at radius 3 is 2.71 bits per heavy atom. The molecule has 118 valence electrons. The zero-order valence-electron chi connectivity index (χ0n) is 12.0. The van der Waals surface area contributed by atoms with Gasteiger partial charge in [-0.3, -0.25) is 0 Å². The van der Waals surface area contributed by atoms with Gasteiger partial charge in [-0.25, -0.2) is 13.2 Å². The fourth-order valence-corrected chi connectivity index (χ4v) is 4.39. The smallest absolute Gasteiger partial charge is 0.345 e. The molecule has 0 unspecified atom stereocenters. The summed E-state index contributed by atoms with van der Waals surface area (Å²) in [6.07, 6.45) is 2.39. The van der Waals surface area contributed by atoms with Crippen molar-refractivity contribution in [3.63, 3.8) is 0 Å². The van der Waals surface area contributed by atoms with Crippen molar-refractivity contribution in [3.8, 4) is 0 Å². The van der Waals surface area contributed by atoms with Crippen molar-refractivity contribution in [2.24, 2.45) is 5.92 Å². The number of aromatic carboxylic acids is 1. The molecule has 21 heavy (non-hydrogen) atoms. The quantitative estimate of drug-likeness (QED) is 0.733. The van der Waals surface area contributed by atoms with E-state index < -0.39 is 16.0 Å². The monoisotopic (exact) mass is 333 g/mol. The summed E-state index contributed by atoms with van der Waals surface area (Å²) in [7, 11) is -2.19. The largest absolute Gasteiger partial charge is 0.477 e. The Kier molecular flexibility index (Phi) is 5.03. The van der Waals surface area contributed by atoms with Crippen LogP contribution >= 0.6 is 11.3 Å². The van der Waals surface area contributed by atoms with E-state index in [1.54, 1.807) is 6.92 Å². The molecule has 0 aromatic carbocycles. The second kappa shape index (κ2) is 6.43. The van der Waals surface area contributed by atoms with Crippen LogP contribution in [-0.2, 0) is 14.8 Å². The van der Waals surface area contributed by atoms with Gasteiger partial charge in [0.25, 0.3) is 0 Å². The molecular weight excluding hydrogens is 314 g/mol. The molecule has 1 heterocycles. The van der Waals surface area contributed by atoms with Gasteiger partial charge in [-0.05, 0) is 31.7 Å². The van der Waals surface area contributed by atoms with Gasteiger partial charge >= 0.3 is 5.97 Å². The summed E-state index contributed by atoms with van der Waals surface area (Å²) in [5.74, 6) is -0.468. The molecular formula is C13H19NO5S2. The maximum atomic E-state index is 12.4. The van der Waals surface area contributed by atoms with Crippen molar-refractivity contribution in [2.75, 3.05) is 26.8 Å². The zero-order valence-corrected chi connectivity index (χ0v) is 13.7. The van der Waals surface area contributed by atoms with Gasteiger partial charge in [0.05, 0.1) is 11.5 Å². The Morgan fingerprint density at radius 2 is 2.19 bits per heavy atom. The van der Waals surface area contributed by atoms with E-state index in [2.05, 4.69) is 0 Å². The summed E-state index contributed by atoms with van der Waals surface area (Å²) in [5.41, 5.74) is 0. The van der Waals surface area contributed by atoms with Crippen molar-refractivity contribution < 1.29 is 23.1 Å². The predicted octanol–water partition coefficient (Wildman–Crippen LogP) is 1.80. The van der Waals surface area contributed by atoms with E-state index in [4.69, 9.17) is 9.84 Å². The second-order valence-corrected chi connectivity index (χ2v) is 8.45. The number of rotatable bonds is 8. The molecule has 1 N–H and O–H groups in total. The molecule has 0 atom stereocenters. The number of carboxylic acid groups (broad SMARTS) is 1. The fourth-order valence-electron chi connectivity index (χ4n) is 1.84. The molecule has 1 saturated carbocycles. The highest BCUT2D eigenvalue weighted by Gasteiger charge is 2.26. The Bertz CT molecular complexity index is 619. The fraction of sp³-hybridized carbons (Fsp3) is 0.615. The minimum absolute atomic E-state index is 0.0319. The summed E-state index contributed by atoms with van der Waals surface area (Å²) < 4.78 is 31.5. The van der Waals surface area contributed by atoms with Crippen LogP contribution in [0.2, 0.25) is 0 Å². The van der Waals surface area contributed by atoms with Crippen LogP contribution in [0.15, 0.2) is 11.0 Å². The van der Waals surface area contributed by atoms with Crippen LogP contribution in [0.4, 0.5) is 0 Å². The summed E-state index contributed by atoms with van der Waals surface area (Å²) in [5, 5.41) is 8.94. The number of hydrogen-bond acceptors (Lipinski definition) is 5. The van der Waals surface area contributed by atoms with Crippen molar-refractivity contribution in [2.45, 2.75) is 24.7 Å². The van der Waals surface area contributed by atoms with Crippen molar-refractivity contribution in [3.05, 3.63) is 15.8 Å². The first kappa shape index (κ1) is 16.4. The minimum atomic E-state index is -3.67. The first-order valence-electron chi connectivity index (χ1n) is 6.70. The molecule has 0 saturated heterocycles. The molecule has 1 aliphatic rings. The lowest BCUT2D eigenvalue weighted by molar-refractivity contribution is 0.0702. The molecule has 6 nitrogen and oxygen atoms in total. The van der Waals surface area contributed by atoms with Crippen LogP contribution in [0.25, 0.3) is 0 Å². The molecule has 0 bridgehead atoms. The number of thiophene rings is 1. The lowest BCUT2D eigenvalue weighted by Crippen LogP contribution is -2.30. The number of sulfonamides is 1. The number of aryl methyl sites for hydroxylation is 1. The summed E-state index contributed by atoms with van der Waals surface area (Å²) in [6.45, 7) is 2.91. The molecule has 2 rings (SSSR count). The van der Waals surface area contributed by atoms with Crippen LogP contribution < -0.4 is 0 Å². The molecule has 1 aromatic rings. The van der Waals surface area contributed by atoms with Crippen LogP contribution in [0.1, 0.15) is 27.4 Å².